The van der Waals surface area contributed by atoms with Crippen LogP contribution in [0.4, 0.5) is 5.82 Å². The first-order valence-corrected chi connectivity index (χ1v) is 9.73. The molecule has 0 spiro atoms. The number of aromatic nitrogens is 1. The summed E-state index contributed by atoms with van der Waals surface area (Å²) in [6.45, 7) is 3.63. The smallest absolute Gasteiger partial charge is 0.301 e. The highest BCUT2D eigenvalue weighted by Gasteiger charge is 2.48. The number of carbonyl (C=O) groups excluding carboxylic acids is 2. The topological polar surface area (TPSA) is 83.6 Å². The van der Waals surface area contributed by atoms with E-state index in [0.29, 0.717) is 16.9 Å². The van der Waals surface area contributed by atoms with Gasteiger partial charge in [0.1, 0.15) is 11.5 Å². The van der Waals surface area contributed by atoms with Gasteiger partial charge < -0.3 is 9.63 Å². The van der Waals surface area contributed by atoms with Gasteiger partial charge in [-0.05, 0) is 31.5 Å². The van der Waals surface area contributed by atoms with Crippen molar-refractivity contribution in [3.8, 4) is 0 Å². The fraction of sp³-hybridized carbons (Fsp3) is 0.136. The van der Waals surface area contributed by atoms with Crippen molar-refractivity contribution in [3.63, 3.8) is 0 Å². The molecule has 1 aliphatic heterocycles. The summed E-state index contributed by atoms with van der Waals surface area (Å²) in [7, 11) is 0. The molecule has 2 heterocycles. The Hall–Kier alpha value is -3.19. The van der Waals surface area contributed by atoms with Crippen molar-refractivity contribution >= 4 is 39.2 Å². The lowest BCUT2D eigenvalue weighted by Crippen LogP contribution is -2.29. The molecule has 146 valence electrons. The third-order valence-electron chi connectivity index (χ3n) is 4.82. The predicted molar refractivity (Wildman–Crippen MR) is 111 cm³/mol. The van der Waals surface area contributed by atoms with Gasteiger partial charge in [0.2, 0.25) is 0 Å². The molecule has 1 amide bonds. The van der Waals surface area contributed by atoms with Crippen LogP contribution in [0.2, 0.25) is 0 Å². The number of hydrogen-bond acceptors (Lipinski definition) is 5. The highest BCUT2D eigenvalue weighted by Crippen LogP contribution is 2.42. The molecule has 3 aromatic rings. The first-order valence-electron chi connectivity index (χ1n) is 8.93. The summed E-state index contributed by atoms with van der Waals surface area (Å²) in [5, 5.41) is 14.9. The summed E-state index contributed by atoms with van der Waals surface area (Å²) in [4.78, 5) is 27.1. The van der Waals surface area contributed by atoms with Gasteiger partial charge in [0, 0.05) is 16.1 Å². The van der Waals surface area contributed by atoms with Gasteiger partial charge in [0.25, 0.3) is 5.78 Å². The zero-order valence-electron chi connectivity index (χ0n) is 15.7. The first kappa shape index (κ1) is 19.1. The lowest BCUT2D eigenvalue weighted by Gasteiger charge is -2.22. The molecule has 4 rings (SSSR count). The molecular weight excluding hydrogens is 436 g/mol. The molecule has 2 aromatic carbocycles. The minimum Gasteiger partial charge on any atom is -0.507 e. The van der Waals surface area contributed by atoms with E-state index in [0.717, 1.165) is 10.0 Å². The second kappa shape index (κ2) is 7.33. The lowest BCUT2D eigenvalue weighted by atomic mass is 9.95. The number of amides is 1. The summed E-state index contributed by atoms with van der Waals surface area (Å²) >= 11 is 3.39. The average molecular weight is 453 g/mol. The van der Waals surface area contributed by atoms with Crippen LogP contribution in [0.5, 0.6) is 0 Å². The van der Waals surface area contributed by atoms with Crippen molar-refractivity contribution in [1.29, 1.82) is 0 Å². The van der Waals surface area contributed by atoms with Crippen LogP contribution >= 0.6 is 15.9 Å². The maximum atomic E-state index is 13.0. The average Bonchev–Trinajstić information content (AvgIpc) is 3.24. The molecule has 1 aliphatic rings. The fourth-order valence-corrected chi connectivity index (χ4v) is 3.63. The van der Waals surface area contributed by atoms with E-state index in [2.05, 4.69) is 21.1 Å². The maximum absolute atomic E-state index is 13.0. The maximum Gasteiger partial charge on any atom is 0.301 e. The molecule has 1 aromatic heterocycles. The molecular formula is C22H17BrN2O4. The van der Waals surface area contributed by atoms with Crippen LogP contribution in [0.3, 0.4) is 0 Å². The number of nitrogens with zero attached hydrogens (tertiary/aromatic N) is 2. The SMILES string of the molecule is Cc1ccc(/C(O)=C2\C(=O)C(=O)N(c3cc(C)on3)C2c2ccc(Br)cc2)cc1. The van der Waals surface area contributed by atoms with E-state index in [-0.39, 0.29) is 17.2 Å². The van der Waals surface area contributed by atoms with E-state index >= 15 is 0 Å². The van der Waals surface area contributed by atoms with E-state index in [1.54, 1.807) is 37.3 Å². The molecule has 7 heteroatoms. The molecule has 1 fully saturated rings. The molecule has 6 nitrogen and oxygen atoms in total. The Morgan fingerprint density at radius 1 is 1.07 bits per heavy atom. The zero-order chi connectivity index (χ0) is 20.7. The van der Waals surface area contributed by atoms with Crippen LogP contribution in [0, 0.1) is 13.8 Å². The fourth-order valence-electron chi connectivity index (χ4n) is 3.36. The van der Waals surface area contributed by atoms with Gasteiger partial charge in [-0.1, -0.05) is 63.0 Å². The summed E-state index contributed by atoms with van der Waals surface area (Å²) in [5.74, 6) is -1.02. The summed E-state index contributed by atoms with van der Waals surface area (Å²) in [6.07, 6.45) is 0. The molecule has 0 saturated carbocycles. The van der Waals surface area contributed by atoms with Crippen LogP contribution in [0.1, 0.15) is 28.5 Å². The van der Waals surface area contributed by atoms with Crippen LogP contribution in [-0.2, 0) is 9.59 Å². The minimum absolute atomic E-state index is 0.0156. The third-order valence-corrected chi connectivity index (χ3v) is 5.35. The number of halogens is 1. The van der Waals surface area contributed by atoms with Gasteiger partial charge in [0.05, 0.1) is 11.6 Å². The summed E-state index contributed by atoms with van der Waals surface area (Å²) in [6, 6.07) is 15.1. The highest BCUT2D eigenvalue weighted by molar-refractivity contribution is 9.10. The van der Waals surface area contributed by atoms with Crippen LogP contribution in [0.15, 0.2) is 69.2 Å². The molecule has 0 radical (unpaired) electrons. The normalized spacial score (nSPS) is 18.4. The van der Waals surface area contributed by atoms with E-state index < -0.39 is 17.7 Å². The molecule has 0 bridgehead atoms. The number of aliphatic hydroxyl groups is 1. The van der Waals surface area contributed by atoms with E-state index in [9.17, 15) is 14.7 Å². The number of anilines is 1. The molecule has 0 aliphatic carbocycles. The Bertz CT molecular complexity index is 1130. The standard InChI is InChI=1S/C22H17BrN2O4/c1-12-3-5-15(6-4-12)20(26)18-19(14-7-9-16(23)10-8-14)25(22(28)21(18)27)17-11-13(2)29-24-17/h3-11,19,26H,1-2H3/b20-18+. The Kier molecular flexibility index (Phi) is 4.84. The van der Waals surface area contributed by atoms with E-state index in [1.807, 2.05) is 31.2 Å². The van der Waals surface area contributed by atoms with E-state index in [4.69, 9.17) is 4.52 Å². The third kappa shape index (κ3) is 3.38. The quantitative estimate of drug-likeness (QED) is 0.354. The number of hydrogen-bond donors (Lipinski definition) is 1. The van der Waals surface area contributed by atoms with Gasteiger partial charge >= 0.3 is 5.91 Å². The number of Topliss-reactive ketones (excluding diaryl/α,β-unsaturated/α-hetero) is 1. The summed E-state index contributed by atoms with van der Waals surface area (Å²) in [5.41, 5.74) is 2.17. The monoisotopic (exact) mass is 452 g/mol. The Labute approximate surface area is 175 Å². The van der Waals surface area contributed by atoms with Crippen molar-refractivity contribution < 1.29 is 19.2 Å². The predicted octanol–water partition coefficient (Wildman–Crippen LogP) is 4.68. The van der Waals surface area contributed by atoms with E-state index in [1.165, 1.54) is 4.90 Å². The number of aliphatic hydroxyl groups excluding tert-OH is 1. The van der Waals surface area contributed by atoms with Gasteiger partial charge in [-0.25, -0.2) is 0 Å². The molecule has 29 heavy (non-hydrogen) atoms. The van der Waals surface area contributed by atoms with Crippen LogP contribution in [-0.4, -0.2) is 22.0 Å². The van der Waals surface area contributed by atoms with Gasteiger partial charge in [-0.2, -0.15) is 0 Å². The minimum atomic E-state index is -0.825. The molecule has 1 N–H and O–H groups in total. The summed E-state index contributed by atoms with van der Waals surface area (Å²) < 4.78 is 5.97. The molecule has 1 saturated heterocycles. The van der Waals surface area contributed by atoms with Crippen molar-refractivity contribution in [2.75, 3.05) is 4.90 Å². The van der Waals surface area contributed by atoms with Gasteiger partial charge in [0.15, 0.2) is 5.82 Å². The van der Waals surface area contributed by atoms with Crippen LogP contribution < -0.4 is 4.90 Å². The zero-order valence-corrected chi connectivity index (χ0v) is 17.3. The number of ketones is 1. The van der Waals surface area contributed by atoms with Gasteiger partial charge in [-0.3, -0.25) is 14.5 Å². The second-order valence-electron chi connectivity index (χ2n) is 6.88. The molecule has 1 atom stereocenters. The lowest BCUT2D eigenvalue weighted by molar-refractivity contribution is -0.132. The van der Waals surface area contributed by atoms with Gasteiger partial charge in [-0.15, -0.1) is 0 Å². The van der Waals surface area contributed by atoms with Crippen molar-refractivity contribution in [2.24, 2.45) is 0 Å². The van der Waals surface area contributed by atoms with Crippen LogP contribution in [0.25, 0.3) is 5.76 Å². The Balaban J connectivity index is 1.93. The number of aryl methyl sites for hydroxylation is 2. The van der Waals surface area contributed by atoms with Crippen molar-refractivity contribution in [2.45, 2.75) is 19.9 Å². The second-order valence-corrected chi connectivity index (χ2v) is 7.80. The Morgan fingerprint density at radius 2 is 1.72 bits per heavy atom. The highest BCUT2D eigenvalue weighted by atomic mass is 79.9. The first-order chi connectivity index (χ1) is 13.9. The molecule has 1 unspecified atom stereocenters. The van der Waals surface area contributed by atoms with Crippen molar-refractivity contribution in [1.82, 2.24) is 5.16 Å². The van der Waals surface area contributed by atoms with Crippen molar-refractivity contribution in [3.05, 3.63) is 87.1 Å². The Morgan fingerprint density at radius 3 is 2.31 bits per heavy atom. The largest absolute Gasteiger partial charge is 0.507 e. The number of benzene rings is 2. The number of carbonyl (C=O) groups is 2. The number of rotatable bonds is 3.